The highest BCUT2D eigenvalue weighted by atomic mass is 79.9. The molecule has 0 amide bonds. The van der Waals surface area contributed by atoms with Crippen LogP contribution in [-0.2, 0) is 16.6 Å². The Bertz CT molecular complexity index is 471. The van der Waals surface area contributed by atoms with E-state index in [-0.39, 0.29) is 0 Å². The molecule has 5 heteroatoms. The van der Waals surface area contributed by atoms with E-state index in [0.717, 1.165) is 18.4 Å². The third-order valence-corrected chi connectivity index (χ3v) is 5.42. The molecule has 3 nitrogen and oxygen atoms in total. The van der Waals surface area contributed by atoms with Gasteiger partial charge in [-0.3, -0.25) is 0 Å². The van der Waals surface area contributed by atoms with Gasteiger partial charge in [-0.05, 0) is 24.3 Å². The third-order valence-electron chi connectivity index (χ3n) is 3.07. The monoisotopic (exact) mass is 331 g/mol. The van der Waals surface area contributed by atoms with Crippen molar-refractivity contribution in [1.29, 1.82) is 0 Å². The Morgan fingerprint density at radius 3 is 2.44 bits per heavy atom. The van der Waals surface area contributed by atoms with Gasteiger partial charge in [0.1, 0.15) is 0 Å². The molecule has 18 heavy (non-hydrogen) atoms. The molecule has 0 radical (unpaired) electrons. The van der Waals surface area contributed by atoms with E-state index < -0.39 is 10.0 Å². The van der Waals surface area contributed by atoms with Gasteiger partial charge in [0.2, 0.25) is 10.0 Å². The third kappa shape index (κ3) is 4.07. The summed E-state index contributed by atoms with van der Waals surface area (Å²) in [7, 11) is -3.12. The van der Waals surface area contributed by atoms with Gasteiger partial charge in [0.05, 0.1) is 5.75 Å². The molecule has 1 aliphatic carbocycles. The lowest BCUT2D eigenvalue weighted by Crippen LogP contribution is -2.34. The molecule has 0 unspecified atom stereocenters. The van der Waals surface area contributed by atoms with Gasteiger partial charge in [-0.25, -0.2) is 8.42 Å². The lowest BCUT2D eigenvalue weighted by molar-refractivity contribution is 0.425. The van der Waals surface area contributed by atoms with Crippen LogP contribution in [-0.4, -0.2) is 30.4 Å². The van der Waals surface area contributed by atoms with Gasteiger partial charge in [0.25, 0.3) is 0 Å². The van der Waals surface area contributed by atoms with Crippen LogP contribution in [0.4, 0.5) is 0 Å². The van der Waals surface area contributed by atoms with E-state index in [4.69, 9.17) is 0 Å². The molecule has 0 atom stereocenters. The summed E-state index contributed by atoms with van der Waals surface area (Å²) in [5.74, 6) is 0.705. The predicted octanol–water partition coefficient (Wildman–Crippen LogP) is 2.62. The summed E-state index contributed by atoms with van der Waals surface area (Å²) in [6.07, 6.45) is 2.12. The number of hydrogen-bond acceptors (Lipinski definition) is 2. The van der Waals surface area contributed by atoms with E-state index in [1.54, 1.807) is 4.31 Å². The van der Waals surface area contributed by atoms with Gasteiger partial charge in [0.15, 0.2) is 0 Å². The Kier molecular flexibility index (Phi) is 4.81. The minimum absolute atomic E-state index is 0.312. The van der Waals surface area contributed by atoms with Crippen molar-refractivity contribution in [3.8, 4) is 0 Å². The summed E-state index contributed by atoms with van der Waals surface area (Å²) in [6.45, 7) is 1.01. The summed E-state index contributed by atoms with van der Waals surface area (Å²) in [5.41, 5.74) is 1.04. The normalized spacial score (nSPS) is 16.1. The molecule has 1 saturated carbocycles. The second-order valence-electron chi connectivity index (χ2n) is 4.73. The second-order valence-corrected chi connectivity index (χ2v) is 7.54. The van der Waals surface area contributed by atoms with Crippen molar-refractivity contribution in [3.05, 3.63) is 35.9 Å². The summed E-state index contributed by atoms with van der Waals surface area (Å²) < 4.78 is 26.2. The minimum atomic E-state index is -3.12. The van der Waals surface area contributed by atoms with Crippen molar-refractivity contribution in [1.82, 2.24) is 4.31 Å². The highest BCUT2D eigenvalue weighted by Crippen LogP contribution is 2.31. The molecule has 0 aromatic heterocycles. The fourth-order valence-electron chi connectivity index (χ4n) is 1.89. The molecule has 1 aliphatic rings. The van der Waals surface area contributed by atoms with Crippen LogP contribution >= 0.6 is 15.9 Å². The van der Waals surface area contributed by atoms with Crippen LogP contribution in [0, 0.1) is 5.92 Å². The SMILES string of the molecule is O=S(=O)(CC1CC1)N(CCBr)Cc1ccccc1. The van der Waals surface area contributed by atoms with Crippen molar-refractivity contribution in [2.24, 2.45) is 5.92 Å². The molecule has 1 fully saturated rings. The summed E-state index contributed by atoms with van der Waals surface area (Å²) >= 11 is 3.33. The molecule has 0 bridgehead atoms. The van der Waals surface area contributed by atoms with Crippen molar-refractivity contribution in [2.75, 3.05) is 17.6 Å². The average molecular weight is 332 g/mol. The molecule has 0 N–H and O–H groups in total. The largest absolute Gasteiger partial charge is 0.214 e. The summed E-state index contributed by atoms with van der Waals surface area (Å²) in [6, 6.07) is 9.75. The van der Waals surface area contributed by atoms with Crippen molar-refractivity contribution in [3.63, 3.8) is 0 Å². The first-order valence-electron chi connectivity index (χ1n) is 6.19. The van der Waals surface area contributed by atoms with E-state index >= 15 is 0 Å². The highest BCUT2D eigenvalue weighted by molar-refractivity contribution is 9.09. The molecule has 1 aromatic rings. The minimum Gasteiger partial charge on any atom is -0.212 e. The fourth-order valence-corrected chi connectivity index (χ4v) is 4.40. The first-order chi connectivity index (χ1) is 8.62. The predicted molar refractivity (Wildman–Crippen MR) is 77.2 cm³/mol. The molecule has 0 heterocycles. The van der Waals surface area contributed by atoms with Crippen LogP contribution in [0.5, 0.6) is 0 Å². The van der Waals surface area contributed by atoms with E-state index in [1.807, 2.05) is 30.3 Å². The average Bonchev–Trinajstić information content (AvgIpc) is 3.13. The number of sulfonamides is 1. The van der Waals surface area contributed by atoms with Crippen LogP contribution in [0.25, 0.3) is 0 Å². The van der Waals surface area contributed by atoms with E-state index in [2.05, 4.69) is 15.9 Å². The van der Waals surface area contributed by atoms with Gasteiger partial charge < -0.3 is 0 Å². The Balaban J connectivity index is 2.07. The van der Waals surface area contributed by atoms with Gasteiger partial charge in [-0.2, -0.15) is 4.31 Å². The standard InChI is InChI=1S/C13H18BrNO2S/c14-8-9-15(10-12-4-2-1-3-5-12)18(16,17)11-13-6-7-13/h1-5,13H,6-11H2. The zero-order valence-electron chi connectivity index (χ0n) is 10.3. The number of alkyl halides is 1. The smallest absolute Gasteiger partial charge is 0.212 e. The number of nitrogens with zero attached hydrogens (tertiary/aromatic N) is 1. The molecule has 0 aliphatic heterocycles. The number of halogens is 1. The molecule has 100 valence electrons. The van der Waals surface area contributed by atoms with Crippen molar-refractivity contribution >= 4 is 26.0 Å². The molecular formula is C13H18BrNO2S. The van der Waals surface area contributed by atoms with Crippen molar-refractivity contribution in [2.45, 2.75) is 19.4 Å². The zero-order chi connectivity index (χ0) is 13.0. The summed E-state index contributed by atoms with van der Waals surface area (Å²) in [4.78, 5) is 0. The van der Waals surface area contributed by atoms with Crippen molar-refractivity contribution < 1.29 is 8.42 Å². The van der Waals surface area contributed by atoms with E-state index in [0.29, 0.717) is 30.1 Å². The first-order valence-corrected chi connectivity index (χ1v) is 8.92. The maximum atomic E-state index is 12.3. The lowest BCUT2D eigenvalue weighted by Gasteiger charge is -2.21. The Hall–Kier alpha value is -0.390. The van der Waals surface area contributed by atoms with E-state index in [9.17, 15) is 8.42 Å². The first kappa shape index (κ1) is 14.0. The molecule has 0 spiro atoms. The molecule has 1 aromatic carbocycles. The van der Waals surface area contributed by atoms with Crippen LogP contribution in [0.1, 0.15) is 18.4 Å². The molecule has 2 rings (SSSR count). The maximum absolute atomic E-state index is 12.3. The van der Waals surface area contributed by atoms with E-state index in [1.165, 1.54) is 0 Å². The summed E-state index contributed by atoms with van der Waals surface area (Å²) in [5, 5.41) is 0.670. The fraction of sp³-hybridized carbons (Fsp3) is 0.538. The quantitative estimate of drug-likeness (QED) is 0.720. The van der Waals surface area contributed by atoms with Crippen LogP contribution in [0.15, 0.2) is 30.3 Å². The Morgan fingerprint density at radius 2 is 1.89 bits per heavy atom. The van der Waals surface area contributed by atoms with Crippen LogP contribution in [0.3, 0.4) is 0 Å². The number of hydrogen-bond donors (Lipinski definition) is 0. The van der Waals surface area contributed by atoms with Gasteiger partial charge in [-0.1, -0.05) is 46.3 Å². The Morgan fingerprint density at radius 1 is 1.22 bits per heavy atom. The topological polar surface area (TPSA) is 37.4 Å². The highest BCUT2D eigenvalue weighted by Gasteiger charge is 2.31. The second kappa shape index (κ2) is 6.17. The van der Waals surface area contributed by atoms with Crippen LogP contribution in [0.2, 0.25) is 0 Å². The molecular weight excluding hydrogens is 314 g/mol. The maximum Gasteiger partial charge on any atom is 0.214 e. The van der Waals surface area contributed by atoms with Gasteiger partial charge >= 0.3 is 0 Å². The van der Waals surface area contributed by atoms with Crippen LogP contribution < -0.4 is 0 Å². The Labute approximate surface area is 117 Å². The number of rotatable bonds is 7. The number of benzene rings is 1. The van der Waals surface area contributed by atoms with Gasteiger partial charge in [0, 0.05) is 18.4 Å². The molecule has 0 saturated heterocycles. The van der Waals surface area contributed by atoms with Gasteiger partial charge in [-0.15, -0.1) is 0 Å². The zero-order valence-corrected chi connectivity index (χ0v) is 12.7. The lowest BCUT2D eigenvalue weighted by atomic mass is 10.2.